The lowest BCUT2D eigenvalue weighted by molar-refractivity contribution is -0.307. The van der Waals surface area contributed by atoms with Gasteiger partial charge in [-0.15, -0.1) is 0 Å². The zero-order valence-electron chi connectivity index (χ0n) is 12.1. The molecule has 0 aliphatic carbocycles. The predicted octanol–water partition coefficient (Wildman–Crippen LogP) is 3.95. The molecule has 24 heavy (non-hydrogen) atoms. The Morgan fingerprint density at radius 2 is 2.00 bits per heavy atom. The van der Waals surface area contributed by atoms with Crippen molar-refractivity contribution >= 4 is 56.8 Å². The Morgan fingerprint density at radius 1 is 1.25 bits per heavy atom. The van der Waals surface area contributed by atoms with Crippen LogP contribution in [0.5, 0.6) is 5.75 Å². The van der Waals surface area contributed by atoms with Gasteiger partial charge in [-0.25, -0.2) is 0 Å². The van der Waals surface area contributed by atoms with Crippen molar-refractivity contribution in [3.8, 4) is 11.8 Å². The summed E-state index contributed by atoms with van der Waals surface area (Å²) in [4.78, 5) is 10.6. The maximum atomic E-state index is 10.6. The van der Waals surface area contributed by atoms with E-state index >= 15 is 0 Å². The first-order valence-electron chi connectivity index (χ1n) is 6.60. The number of halogens is 3. The fourth-order valence-electron chi connectivity index (χ4n) is 1.90. The monoisotopic (exact) mass is 424 g/mol. The number of nitriles is 1. The molecule has 0 bridgehead atoms. The number of aliphatic carboxylic acids is 1. The van der Waals surface area contributed by atoms with Gasteiger partial charge >= 0.3 is 0 Å². The van der Waals surface area contributed by atoms with Gasteiger partial charge in [0.2, 0.25) is 0 Å². The first-order valence-corrected chi connectivity index (χ1v) is 8.15. The van der Waals surface area contributed by atoms with Crippen LogP contribution in [0.2, 0.25) is 10.0 Å². The number of hydrogen-bond acceptors (Lipinski definition) is 4. The Balaban J connectivity index is 2.46. The number of carboxylic acid groups (broad SMARTS) is 1. The summed E-state index contributed by atoms with van der Waals surface area (Å²) >= 11 is 15.2. The van der Waals surface area contributed by atoms with Crippen LogP contribution < -0.4 is 9.84 Å². The van der Waals surface area contributed by atoms with Crippen LogP contribution in [0.25, 0.3) is 11.6 Å². The second-order valence-electron chi connectivity index (χ2n) is 4.64. The molecule has 0 amide bonds. The summed E-state index contributed by atoms with van der Waals surface area (Å²) in [7, 11) is 0. The minimum absolute atomic E-state index is 0.315. The molecule has 0 atom stereocenters. The normalized spacial score (nSPS) is 11.0. The summed E-state index contributed by atoms with van der Waals surface area (Å²) in [5, 5.41) is 20.7. The van der Waals surface area contributed by atoms with Gasteiger partial charge in [0.1, 0.15) is 12.4 Å². The zero-order valence-corrected chi connectivity index (χ0v) is 15.2. The summed E-state index contributed by atoms with van der Waals surface area (Å²) in [6, 6.07) is 11.9. The van der Waals surface area contributed by atoms with Crippen molar-refractivity contribution in [2.75, 3.05) is 6.61 Å². The minimum atomic E-state index is -1.34. The number of allylic oxidation sites excluding steroid dienone is 1. The Morgan fingerprint density at radius 3 is 2.62 bits per heavy atom. The number of benzene rings is 2. The van der Waals surface area contributed by atoms with Gasteiger partial charge in [0, 0.05) is 10.0 Å². The van der Waals surface area contributed by atoms with Gasteiger partial charge in [-0.3, -0.25) is 0 Å². The molecule has 0 unspecified atom stereocenters. The molecule has 0 aliphatic heterocycles. The molecule has 2 aromatic rings. The van der Waals surface area contributed by atoms with E-state index < -0.39 is 12.6 Å². The van der Waals surface area contributed by atoms with Crippen LogP contribution in [0.15, 0.2) is 40.9 Å². The lowest BCUT2D eigenvalue weighted by atomic mass is 10.0. The molecule has 0 saturated carbocycles. The third kappa shape index (κ3) is 4.75. The summed E-state index contributed by atoms with van der Waals surface area (Å²) in [5.74, 6) is -1.02. The van der Waals surface area contributed by atoms with Crippen molar-refractivity contribution in [2.45, 2.75) is 0 Å². The molecule has 0 radical (unpaired) electrons. The fraction of sp³-hybridized carbons (Fsp3) is 0.0588. The van der Waals surface area contributed by atoms with Gasteiger partial charge in [0.05, 0.1) is 27.7 Å². The van der Waals surface area contributed by atoms with E-state index in [1.54, 1.807) is 42.5 Å². The fourth-order valence-corrected chi connectivity index (χ4v) is 2.58. The number of carboxylic acids is 1. The van der Waals surface area contributed by atoms with Crippen molar-refractivity contribution in [2.24, 2.45) is 0 Å². The van der Waals surface area contributed by atoms with Crippen LogP contribution in [-0.2, 0) is 4.79 Å². The van der Waals surface area contributed by atoms with Crippen LogP contribution in [0, 0.1) is 11.3 Å². The largest absolute Gasteiger partial charge is 0.546 e. The van der Waals surface area contributed by atoms with Gasteiger partial charge in [-0.2, -0.15) is 5.26 Å². The maximum absolute atomic E-state index is 10.6. The average molecular weight is 426 g/mol. The van der Waals surface area contributed by atoms with Crippen LogP contribution in [-0.4, -0.2) is 12.6 Å². The van der Waals surface area contributed by atoms with E-state index in [2.05, 4.69) is 22.0 Å². The highest BCUT2D eigenvalue weighted by molar-refractivity contribution is 9.10. The maximum Gasteiger partial charge on any atom is 0.128 e. The van der Waals surface area contributed by atoms with Gasteiger partial charge in [0.25, 0.3) is 0 Å². The van der Waals surface area contributed by atoms with Crippen LogP contribution in [0.4, 0.5) is 0 Å². The smallest absolute Gasteiger partial charge is 0.128 e. The van der Waals surface area contributed by atoms with E-state index in [-0.39, 0.29) is 0 Å². The molecule has 0 heterocycles. The predicted molar refractivity (Wildman–Crippen MR) is 94.6 cm³/mol. The number of ether oxygens (including phenoxy) is 1. The molecule has 0 spiro atoms. The third-order valence-corrected chi connectivity index (χ3v) is 4.20. The molecule has 2 rings (SSSR count). The van der Waals surface area contributed by atoms with E-state index in [1.807, 2.05) is 0 Å². The molecular weight excluding hydrogens is 417 g/mol. The lowest BCUT2D eigenvalue weighted by Gasteiger charge is -2.11. The van der Waals surface area contributed by atoms with Gasteiger partial charge in [-0.05, 0) is 42.0 Å². The van der Waals surface area contributed by atoms with Gasteiger partial charge in [-0.1, -0.05) is 45.2 Å². The Labute approximate surface area is 157 Å². The average Bonchev–Trinajstić information content (AvgIpc) is 2.54. The topological polar surface area (TPSA) is 73.1 Å². The lowest BCUT2D eigenvalue weighted by Crippen LogP contribution is -2.29. The van der Waals surface area contributed by atoms with Crippen molar-refractivity contribution in [1.29, 1.82) is 5.26 Å². The summed E-state index contributed by atoms with van der Waals surface area (Å²) < 4.78 is 5.94. The molecule has 4 nitrogen and oxygen atoms in total. The van der Waals surface area contributed by atoms with Crippen molar-refractivity contribution in [3.05, 3.63) is 62.0 Å². The number of hydrogen-bond donors (Lipinski definition) is 0. The van der Waals surface area contributed by atoms with Crippen LogP contribution in [0.3, 0.4) is 0 Å². The standard InChI is InChI=1S/C17H10BrCl2NO3/c18-13-2-4-16(24-9-17(22)23)11(6-13)5-12(8-21)10-1-3-14(19)15(20)7-10/h1-7H,9H2,(H,22,23)/p-1/b12-5+. The van der Waals surface area contributed by atoms with E-state index in [4.69, 9.17) is 27.9 Å². The molecule has 0 aromatic heterocycles. The summed E-state index contributed by atoms with van der Waals surface area (Å²) in [5.41, 5.74) is 1.44. The van der Waals surface area contributed by atoms with Crippen LogP contribution >= 0.6 is 39.1 Å². The second-order valence-corrected chi connectivity index (χ2v) is 6.37. The number of nitrogens with zero attached hydrogens (tertiary/aromatic N) is 1. The Bertz CT molecular complexity index is 859. The van der Waals surface area contributed by atoms with E-state index in [0.29, 0.717) is 32.5 Å². The Hall–Kier alpha value is -2.00. The molecule has 0 fully saturated rings. The quantitative estimate of drug-likeness (QED) is 0.537. The third-order valence-electron chi connectivity index (χ3n) is 2.97. The zero-order chi connectivity index (χ0) is 17.7. The SMILES string of the molecule is N#C/C(=C\c1cc(Br)ccc1OCC(=O)[O-])c1ccc(Cl)c(Cl)c1. The van der Waals surface area contributed by atoms with Crippen molar-refractivity contribution in [1.82, 2.24) is 0 Å². The van der Waals surface area contributed by atoms with Crippen LogP contribution in [0.1, 0.15) is 11.1 Å². The van der Waals surface area contributed by atoms with E-state index in [9.17, 15) is 15.2 Å². The highest BCUT2D eigenvalue weighted by atomic mass is 79.9. The molecule has 0 aliphatic rings. The molecule has 0 saturated heterocycles. The molecule has 122 valence electrons. The second kappa shape index (κ2) is 8.20. The summed E-state index contributed by atoms with van der Waals surface area (Å²) in [6.45, 7) is -0.586. The van der Waals surface area contributed by atoms with E-state index in [1.165, 1.54) is 0 Å². The first kappa shape index (κ1) is 18.3. The minimum Gasteiger partial charge on any atom is -0.546 e. The highest BCUT2D eigenvalue weighted by Crippen LogP contribution is 2.30. The van der Waals surface area contributed by atoms with Gasteiger partial charge < -0.3 is 14.6 Å². The van der Waals surface area contributed by atoms with E-state index in [0.717, 1.165) is 4.47 Å². The molecule has 7 heteroatoms. The highest BCUT2D eigenvalue weighted by Gasteiger charge is 2.08. The molecular formula is C17H9BrCl2NO3-. The van der Waals surface area contributed by atoms with Crippen molar-refractivity contribution < 1.29 is 14.6 Å². The first-order chi connectivity index (χ1) is 11.4. The Kier molecular flexibility index (Phi) is 6.27. The number of carbonyl (C=O) groups is 1. The van der Waals surface area contributed by atoms with Crippen molar-refractivity contribution in [3.63, 3.8) is 0 Å². The number of rotatable bonds is 5. The number of carbonyl (C=O) groups excluding carboxylic acids is 1. The molecule has 0 N–H and O–H groups in total. The van der Waals surface area contributed by atoms with Gasteiger partial charge in [0.15, 0.2) is 0 Å². The summed E-state index contributed by atoms with van der Waals surface area (Å²) in [6.07, 6.45) is 1.58. The molecule has 2 aromatic carbocycles.